The van der Waals surface area contributed by atoms with Crippen molar-refractivity contribution < 1.29 is 13.7 Å². The number of rotatable bonds is 5. The van der Waals surface area contributed by atoms with Crippen LogP contribution >= 0.6 is 12.4 Å². The Balaban J connectivity index is 0.00000225. The molecule has 8 nitrogen and oxygen atoms in total. The molecule has 2 N–H and O–H groups in total. The molecule has 4 rings (SSSR count). The van der Waals surface area contributed by atoms with Crippen LogP contribution in [0.4, 0.5) is 0 Å². The molecule has 0 aromatic carbocycles. The molecule has 152 valence electrons. The van der Waals surface area contributed by atoms with E-state index in [1.807, 2.05) is 0 Å². The minimum absolute atomic E-state index is 0. The van der Waals surface area contributed by atoms with Gasteiger partial charge in [0.2, 0.25) is 5.89 Å². The summed E-state index contributed by atoms with van der Waals surface area (Å²) < 4.78 is 10.7. The molecule has 3 heterocycles. The predicted octanol–water partition coefficient (Wildman–Crippen LogP) is 2.42. The second-order valence-electron chi connectivity index (χ2n) is 7.40. The minimum atomic E-state index is -0.601. The van der Waals surface area contributed by atoms with Gasteiger partial charge in [-0.1, -0.05) is 11.6 Å². The van der Waals surface area contributed by atoms with Crippen molar-refractivity contribution in [3.63, 3.8) is 0 Å². The van der Waals surface area contributed by atoms with Gasteiger partial charge >= 0.3 is 5.63 Å². The third kappa shape index (κ3) is 4.28. The maximum Gasteiger partial charge on any atom is 0.349 e. The third-order valence-corrected chi connectivity index (χ3v) is 5.44. The van der Waals surface area contributed by atoms with Crippen LogP contribution in [0.5, 0.6) is 0 Å². The van der Waals surface area contributed by atoms with Crippen molar-refractivity contribution in [2.75, 3.05) is 13.1 Å². The van der Waals surface area contributed by atoms with Gasteiger partial charge in [-0.2, -0.15) is 4.98 Å². The lowest BCUT2D eigenvalue weighted by Crippen LogP contribution is -2.31. The molecule has 2 fully saturated rings. The molecule has 1 aliphatic heterocycles. The second-order valence-corrected chi connectivity index (χ2v) is 7.40. The summed E-state index contributed by atoms with van der Waals surface area (Å²) in [5.41, 5.74) is 0.0502. The third-order valence-electron chi connectivity index (χ3n) is 5.44. The average molecular weight is 409 g/mol. The van der Waals surface area contributed by atoms with E-state index in [-0.39, 0.29) is 30.4 Å². The molecule has 28 heavy (non-hydrogen) atoms. The first kappa shape index (κ1) is 20.5. The number of nitrogens with zero attached hydrogens (tertiary/aromatic N) is 2. The van der Waals surface area contributed by atoms with Crippen LogP contribution in [0.3, 0.4) is 0 Å². The van der Waals surface area contributed by atoms with E-state index in [2.05, 4.69) is 20.8 Å². The number of carbonyl (C=O) groups excluding carboxylic acids is 1. The van der Waals surface area contributed by atoms with Gasteiger partial charge in [-0.15, -0.1) is 12.4 Å². The van der Waals surface area contributed by atoms with E-state index in [0.717, 1.165) is 38.8 Å². The standard InChI is InChI=1S/C19H24N4O4.ClH/c1-11-8-14(13-6-3-7-20-9-13)26-19(25)16(11)17(24)21-10-15-22-18(27-23-15)12-4-2-5-12;/h8,12-13,20H,2-7,9-10H2,1H3,(H,21,24);1H. The largest absolute Gasteiger partial charge is 0.427 e. The highest BCUT2D eigenvalue weighted by Crippen LogP contribution is 2.35. The number of hydrogen-bond donors (Lipinski definition) is 2. The summed E-state index contributed by atoms with van der Waals surface area (Å²) in [6, 6.07) is 1.80. The van der Waals surface area contributed by atoms with Crippen LogP contribution < -0.4 is 16.3 Å². The quantitative estimate of drug-likeness (QED) is 0.781. The zero-order valence-corrected chi connectivity index (χ0v) is 16.6. The van der Waals surface area contributed by atoms with Crippen LogP contribution in [0.1, 0.15) is 77.3 Å². The summed E-state index contributed by atoms with van der Waals surface area (Å²) in [4.78, 5) is 29.2. The number of nitrogens with one attached hydrogen (secondary N) is 2. The van der Waals surface area contributed by atoms with Gasteiger partial charge in [0.05, 0.1) is 6.54 Å². The molecule has 1 amide bonds. The van der Waals surface area contributed by atoms with E-state index >= 15 is 0 Å². The average Bonchev–Trinajstić information content (AvgIpc) is 3.07. The maximum atomic E-state index is 12.5. The molecule has 2 aliphatic rings. The molecule has 1 atom stereocenters. The van der Waals surface area contributed by atoms with Crippen LogP contribution in [0.15, 0.2) is 19.8 Å². The van der Waals surface area contributed by atoms with E-state index in [9.17, 15) is 9.59 Å². The molecule has 2 aromatic rings. The minimum Gasteiger partial charge on any atom is -0.427 e. The van der Waals surface area contributed by atoms with Gasteiger partial charge in [0.25, 0.3) is 5.91 Å². The van der Waals surface area contributed by atoms with Crippen LogP contribution in [-0.2, 0) is 6.54 Å². The lowest BCUT2D eigenvalue weighted by atomic mass is 9.85. The molecule has 2 aromatic heterocycles. The van der Waals surface area contributed by atoms with Crippen LogP contribution in [0.2, 0.25) is 0 Å². The van der Waals surface area contributed by atoms with E-state index in [1.165, 1.54) is 6.42 Å². The Hall–Kier alpha value is -2.19. The first-order chi connectivity index (χ1) is 13.1. The van der Waals surface area contributed by atoms with Gasteiger partial charge in [-0.05, 0) is 50.8 Å². The van der Waals surface area contributed by atoms with E-state index in [1.54, 1.807) is 13.0 Å². The molecule has 9 heteroatoms. The lowest BCUT2D eigenvalue weighted by molar-refractivity contribution is 0.0944. The van der Waals surface area contributed by atoms with Gasteiger partial charge in [-0.3, -0.25) is 4.79 Å². The molecule has 1 saturated heterocycles. The first-order valence-electron chi connectivity index (χ1n) is 9.58. The number of aryl methyl sites for hydroxylation is 1. The van der Waals surface area contributed by atoms with Gasteiger partial charge in [0.1, 0.15) is 11.3 Å². The van der Waals surface area contributed by atoms with E-state index < -0.39 is 11.5 Å². The highest BCUT2D eigenvalue weighted by atomic mass is 35.5. The van der Waals surface area contributed by atoms with Crippen molar-refractivity contribution >= 4 is 18.3 Å². The van der Waals surface area contributed by atoms with Gasteiger partial charge in [0.15, 0.2) is 5.82 Å². The van der Waals surface area contributed by atoms with Gasteiger partial charge in [0, 0.05) is 18.4 Å². The zero-order chi connectivity index (χ0) is 18.8. The second kappa shape index (κ2) is 8.87. The Bertz CT molecular complexity index is 884. The van der Waals surface area contributed by atoms with Crippen LogP contribution in [0, 0.1) is 6.92 Å². The number of piperidine rings is 1. The molecule has 1 unspecified atom stereocenters. The summed E-state index contributed by atoms with van der Waals surface area (Å²) in [6.07, 6.45) is 5.33. The Morgan fingerprint density at radius 2 is 2.07 bits per heavy atom. The molecule has 1 aliphatic carbocycles. The maximum absolute atomic E-state index is 12.5. The number of halogens is 1. The highest BCUT2D eigenvalue weighted by molar-refractivity contribution is 5.95. The summed E-state index contributed by atoms with van der Waals surface area (Å²) in [5.74, 6) is 1.72. The fraction of sp³-hybridized carbons (Fsp3) is 0.579. The number of aromatic nitrogens is 2. The fourth-order valence-electron chi connectivity index (χ4n) is 3.61. The molecule has 0 spiro atoms. The Morgan fingerprint density at radius 1 is 1.29 bits per heavy atom. The number of amides is 1. The zero-order valence-electron chi connectivity index (χ0n) is 15.8. The van der Waals surface area contributed by atoms with Crippen molar-refractivity contribution in [1.29, 1.82) is 0 Å². The monoisotopic (exact) mass is 408 g/mol. The normalized spacial score (nSPS) is 19.5. The number of carbonyl (C=O) groups is 1. The summed E-state index contributed by atoms with van der Waals surface area (Å²) in [5, 5.41) is 9.89. The van der Waals surface area contributed by atoms with Gasteiger partial charge in [-0.25, -0.2) is 4.79 Å². The molecule has 0 radical (unpaired) electrons. The van der Waals surface area contributed by atoms with Crippen molar-refractivity contribution in [3.05, 3.63) is 45.1 Å². The fourth-order valence-corrected chi connectivity index (χ4v) is 3.61. The van der Waals surface area contributed by atoms with E-state index in [4.69, 9.17) is 8.94 Å². The Kier molecular flexibility index (Phi) is 6.51. The smallest absolute Gasteiger partial charge is 0.349 e. The lowest BCUT2D eigenvalue weighted by Gasteiger charge is -2.22. The van der Waals surface area contributed by atoms with E-state index in [0.29, 0.717) is 29.0 Å². The predicted molar refractivity (Wildman–Crippen MR) is 104 cm³/mol. The first-order valence-corrected chi connectivity index (χ1v) is 9.58. The van der Waals surface area contributed by atoms with Crippen molar-refractivity contribution in [2.45, 2.75) is 57.4 Å². The topological polar surface area (TPSA) is 110 Å². The molecule has 0 bridgehead atoms. The molecule has 1 saturated carbocycles. The Morgan fingerprint density at radius 3 is 2.71 bits per heavy atom. The van der Waals surface area contributed by atoms with Crippen LogP contribution in [0.25, 0.3) is 0 Å². The van der Waals surface area contributed by atoms with Crippen molar-refractivity contribution in [1.82, 2.24) is 20.8 Å². The molecular formula is C19H25ClN4O4. The summed E-state index contributed by atoms with van der Waals surface area (Å²) in [7, 11) is 0. The SMILES string of the molecule is Cc1cc(C2CCCNC2)oc(=O)c1C(=O)NCc1noc(C2CCC2)n1.Cl. The highest BCUT2D eigenvalue weighted by Gasteiger charge is 2.26. The molecular weight excluding hydrogens is 384 g/mol. The van der Waals surface area contributed by atoms with Crippen molar-refractivity contribution in [3.8, 4) is 0 Å². The number of hydrogen-bond acceptors (Lipinski definition) is 7. The summed E-state index contributed by atoms with van der Waals surface area (Å²) in [6.45, 7) is 3.64. The van der Waals surface area contributed by atoms with Crippen LogP contribution in [-0.4, -0.2) is 29.1 Å². The van der Waals surface area contributed by atoms with Gasteiger partial charge < -0.3 is 19.6 Å². The van der Waals surface area contributed by atoms with Crippen molar-refractivity contribution in [2.24, 2.45) is 0 Å². The summed E-state index contributed by atoms with van der Waals surface area (Å²) >= 11 is 0. The Labute approximate surface area is 168 Å².